The first-order chi connectivity index (χ1) is 12.2. The molecule has 2 rings (SSSR count). The van der Waals surface area contributed by atoms with Crippen molar-refractivity contribution in [3.63, 3.8) is 0 Å². The standard InChI is InChI=1S/C17H19F3N2O4/c1-11-3-8-14(26-11)16(24,17(18,19)20)9-10-21-15(23)22-12-4-6-13(25-2)7-5-12/h3-8,24H,9-10H2,1-2H3,(H2,21,22,23)/t16-/m1/s1. The van der Waals surface area contributed by atoms with E-state index in [9.17, 15) is 23.1 Å². The molecule has 0 bridgehead atoms. The molecule has 0 radical (unpaired) electrons. The van der Waals surface area contributed by atoms with Crippen molar-refractivity contribution in [3.8, 4) is 5.75 Å². The molecule has 1 heterocycles. The summed E-state index contributed by atoms with van der Waals surface area (Å²) >= 11 is 0. The Balaban J connectivity index is 1.95. The van der Waals surface area contributed by atoms with Gasteiger partial charge in [-0.2, -0.15) is 13.2 Å². The van der Waals surface area contributed by atoms with Gasteiger partial charge in [0.15, 0.2) is 0 Å². The molecular weight excluding hydrogens is 353 g/mol. The summed E-state index contributed by atoms with van der Waals surface area (Å²) in [5, 5.41) is 14.8. The molecule has 1 atom stereocenters. The molecular formula is C17H19F3N2O4. The van der Waals surface area contributed by atoms with Crippen LogP contribution < -0.4 is 15.4 Å². The summed E-state index contributed by atoms with van der Waals surface area (Å²) in [6.07, 6.45) is -5.75. The van der Waals surface area contributed by atoms with E-state index in [-0.39, 0.29) is 5.76 Å². The lowest BCUT2D eigenvalue weighted by Gasteiger charge is -2.28. The smallest absolute Gasteiger partial charge is 0.424 e. The average Bonchev–Trinajstić information content (AvgIpc) is 3.01. The number of anilines is 1. The predicted molar refractivity (Wildman–Crippen MR) is 88.0 cm³/mol. The van der Waals surface area contributed by atoms with Crippen LogP contribution in [0, 0.1) is 6.92 Å². The maximum atomic E-state index is 13.3. The summed E-state index contributed by atoms with van der Waals surface area (Å²) in [5.41, 5.74) is -2.75. The highest BCUT2D eigenvalue weighted by atomic mass is 19.4. The lowest BCUT2D eigenvalue weighted by Crippen LogP contribution is -2.45. The molecule has 3 N–H and O–H groups in total. The molecule has 2 aromatic rings. The van der Waals surface area contributed by atoms with Crippen LogP contribution in [0.5, 0.6) is 5.75 Å². The van der Waals surface area contributed by atoms with Gasteiger partial charge in [-0.1, -0.05) is 0 Å². The molecule has 0 spiro atoms. The third-order valence-corrected chi connectivity index (χ3v) is 3.74. The zero-order valence-electron chi connectivity index (χ0n) is 14.2. The van der Waals surface area contributed by atoms with Crippen molar-refractivity contribution in [2.24, 2.45) is 0 Å². The van der Waals surface area contributed by atoms with Crippen LogP contribution in [0.25, 0.3) is 0 Å². The Hall–Kier alpha value is -2.68. The minimum absolute atomic E-state index is 0.243. The topological polar surface area (TPSA) is 83.7 Å². The molecule has 9 heteroatoms. The quantitative estimate of drug-likeness (QED) is 0.724. The van der Waals surface area contributed by atoms with Crippen molar-refractivity contribution >= 4 is 11.7 Å². The maximum Gasteiger partial charge on any atom is 0.424 e. The average molecular weight is 372 g/mol. The highest BCUT2D eigenvalue weighted by molar-refractivity contribution is 5.89. The Morgan fingerprint density at radius 1 is 1.19 bits per heavy atom. The molecule has 1 aromatic heterocycles. The number of aryl methyl sites for hydroxylation is 1. The molecule has 0 unspecified atom stereocenters. The Morgan fingerprint density at radius 3 is 2.35 bits per heavy atom. The minimum Gasteiger partial charge on any atom is -0.497 e. The fraction of sp³-hybridized carbons (Fsp3) is 0.353. The number of alkyl halides is 3. The van der Waals surface area contributed by atoms with Crippen molar-refractivity contribution in [2.45, 2.75) is 25.1 Å². The Kier molecular flexibility index (Phi) is 5.81. The normalized spacial score (nSPS) is 13.8. The Bertz CT molecular complexity index is 743. The zero-order chi connectivity index (χ0) is 19.4. The highest BCUT2D eigenvalue weighted by Gasteiger charge is 2.56. The van der Waals surface area contributed by atoms with E-state index in [2.05, 4.69) is 10.6 Å². The van der Waals surface area contributed by atoms with Crippen LogP contribution >= 0.6 is 0 Å². The van der Waals surface area contributed by atoms with Gasteiger partial charge in [-0.25, -0.2) is 4.79 Å². The number of carbonyl (C=O) groups excluding carboxylic acids is 1. The number of halogens is 3. The summed E-state index contributed by atoms with van der Waals surface area (Å²) in [6, 6.07) is 8.10. The van der Waals surface area contributed by atoms with E-state index in [0.29, 0.717) is 11.4 Å². The van der Waals surface area contributed by atoms with E-state index in [1.165, 1.54) is 20.1 Å². The number of amides is 2. The van der Waals surface area contributed by atoms with Crippen LogP contribution in [0.1, 0.15) is 17.9 Å². The van der Waals surface area contributed by atoms with Crippen LogP contribution in [-0.2, 0) is 5.60 Å². The number of furan rings is 1. The first-order valence-corrected chi connectivity index (χ1v) is 7.70. The first kappa shape index (κ1) is 19.6. The monoisotopic (exact) mass is 372 g/mol. The number of methoxy groups -OCH3 is 1. The van der Waals surface area contributed by atoms with Gasteiger partial charge in [0.05, 0.1) is 7.11 Å². The fourth-order valence-electron chi connectivity index (χ4n) is 2.27. The van der Waals surface area contributed by atoms with Crippen molar-refractivity contribution in [3.05, 3.63) is 47.9 Å². The van der Waals surface area contributed by atoms with Crippen molar-refractivity contribution < 1.29 is 32.2 Å². The molecule has 2 amide bonds. The summed E-state index contributed by atoms with van der Waals surface area (Å²) in [5.74, 6) is 0.229. The largest absolute Gasteiger partial charge is 0.497 e. The predicted octanol–water partition coefficient (Wildman–Crippen LogP) is 3.56. The van der Waals surface area contributed by atoms with Crippen LogP contribution in [0.3, 0.4) is 0 Å². The van der Waals surface area contributed by atoms with E-state index in [1.54, 1.807) is 24.3 Å². The third kappa shape index (κ3) is 4.48. The molecule has 0 fully saturated rings. The Morgan fingerprint density at radius 2 is 1.85 bits per heavy atom. The summed E-state index contributed by atoms with van der Waals surface area (Å²) < 4.78 is 49.8. The lowest BCUT2D eigenvalue weighted by molar-refractivity contribution is -0.274. The van der Waals surface area contributed by atoms with Gasteiger partial charge in [-0.3, -0.25) is 0 Å². The Labute approximate surface area is 148 Å². The van der Waals surface area contributed by atoms with Gasteiger partial charge in [0, 0.05) is 18.7 Å². The zero-order valence-corrected chi connectivity index (χ0v) is 14.2. The number of hydrogen-bond donors (Lipinski definition) is 3. The van der Waals surface area contributed by atoms with Crippen LogP contribution in [0.2, 0.25) is 0 Å². The van der Waals surface area contributed by atoms with E-state index in [0.717, 1.165) is 6.07 Å². The van der Waals surface area contributed by atoms with Gasteiger partial charge < -0.3 is 24.9 Å². The van der Waals surface area contributed by atoms with Crippen LogP contribution in [0.4, 0.5) is 23.7 Å². The fourth-order valence-corrected chi connectivity index (χ4v) is 2.27. The second kappa shape index (κ2) is 7.69. The van der Waals surface area contributed by atoms with Gasteiger partial charge >= 0.3 is 12.2 Å². The molecule has 142 valence electrons. The van der Waals surface area contributed by atoms with Gasteiger partial charge in [0.25, 0.3) is 0 Å². The molecule has 6 nitrogen and oxygen atoms in total. The van der Waals surface area contributed by atoms with E-state index >= 15 is 0 Å². The first-order valence-electron chi connectivity index (χ1n) is 7.70. The second-order valence-corrected chi connectivity index (χ2v) is 5.63. The van der Waals surface area contributed by atoms with Gasteiger partial charge in [-0.05, 0) is 43.3 Å². The summed E-state index contributed by atoms with van der Waals surface area (Å²) in [7, 11) is 1.50. The van der Waals surface area contributed by atoms with Gasteiger partial charge in [0.2, 0.25) is 5.60 Å². The number of nitrogens with one attached hydrogen (secondary N) is 2. The molecule has 26 heavy (non-hydrogen) atoms. The molecule has 1 aromatic carbocycles. The highest BCUT2D eigenvalue weighted by Crippen LogP contribution is 2.42. The molecule has 0 saturated carbocycles. The van der Waals surface area contributed by atoms with Crippen molar-refractivity contribution in [1.82, 2.24) is 5.32 Å². The SMILES string of the molecule is COc1ccc(NC(=O)NCC[C@@](O)(c2ccc(C)o2)C(F)(F)F)cc1. The molecule has 0 aliphatic rings. The summed E-state index contributed by atoms with van der Waals surface area (Å²) in [6.45, 7) is 1.05. The number of urea groups is 1. The van der Waals surface area contributed by atoms with Crippen molar-refractivity contribution in [2.75, 3.05) is 19.0 Å². The number of hydrogen-bond acceptors (Lipinski definition) is 4. The van der Waals surface area contributed by atoms with Crippen LogP contribution in [-0.4, -0.2) is 31.0 Å². The number of aliphatic hydroxyl groups is 1. The van der Waals surface area contributed by atoms with E-state index in [1.807, 2.05) is 0 Å². The third-order valence-electron chi connectivity index (χ3n) is 3.74. The summed E-state index contributed by atoms with van der Waals surface area (Å²) in [4.78, 5) is 11.8. The number of carbonyl (C=O) groups is 1. The van der Waals surface area contributed by atoms with E-state index < -0.39 is 36.5 Å². The molecule has 0 aliphatic carbocycles. The number of benzene rings is 1. The van der Waals surface area contributed by atoms with Gasteiger partial charge in [-0.15, -0.1) is 0 Å². The number of rotatable bonds is 6. The second-order valence-electron chi connectivity index (χ2n) is 5.63. The van der Waals surface area contributed by atoms with E-state index in [4.69, 9.17) is 9.15 Å². The van der Waals surface area contributed by atoms with Crippen molar-refractivity contribution in [1.29, 1.82) is 0 Å². The minimum atomic E-state index is -4.95. The molecule has 0 saturated heterocycles. The maximum absolute atomic E-state index is 13.3. The lowest BCUT2D eigenvalue weighted by atomic mass is 9.96. The number of ether oxygens (including phenoxy) is 1. The van der Waals surface area contributed by atoms with Gasteiger partial charge in [0.1, 0.15) is 17.3 Å². The van der Waals surface area contributed by atoms with Crippen LogP contribution in [0.15, 0.2) is 40.8 Å². The molecule has 0 aliphatic heterocycles.